The first-order chi connectivity index (χ1) is 16.0. The summed E-state index contributed by atoms with van der Waals surface area (Å²) in [6.07, 6.45) is 2.35. The zero-order chi connectivity index (χ0) is 25.0. The van der Waals surface area contributed by atoms with Gasteiger partial charge < -0.3 is 14.9 Å². The number of aromatic nitrogens is 1. The summed E-state index contributed by atoms with van der Waals surface area (Å²) in [5.41, 5.74) is 3.50. The van der Waals surface area contributed by atoms with E-state index in [1.165, 1.54) is 5.57 Å². The van der Waals surface area contributed by atoms with Crippen molar-refractivity contribution in [1.82, 2.24) is 4.98 Å². The van der Waals surface area contributed by atoms with Gasteiger partial charge in [0, 0.05) is 12.3 Å². The van der Waals surface area contributed by atoms with Crippen molar-refractivity contribution in [2.45, 2.75) is 85.0 Å². The summed E-state index contributed by atoms with van der Waals surface area (Å²) in [6.45, 7) is 8.98. The van der Waals surface area contributed by atoms with E-state index in [-0.39, 0.29) is 18.1 Å². The van der Waals surface area contributed by atoms with E-state index in [2.05, 4.69) is 18.0 Å². The van der Waals surface area contributed by atoms with Gasteiger partial charge >= 0.3 is 5.97 Å². The lowest BCUT2D eigenvalue weighted by atomic mass is 9.73. The standard InChI is InChI=1S/C27H37NO5S/c1-16-7-6-8-17(2)25(31)18(3)26(32)27(4,5)23(29)14-24(30)33-21(11-9-16)19-10-12-22-20(13-19)28-15-34-22/h9-10,12-13,15,17-18,21,23,25,29,31H,6-8,11,14H2,1-5H3/b16-9-/t17?,18?,21-,23?,25-/m0/s1. The van der Waals surface area contributed by atoms with Crippen LogP contribution in [0.5, 0.6) is 0 Å². The largest absolute Gasteiger partial charge is 0.457 e. The molecular weight excluding hydrogens is 450 g/mol. The molecule has 7 heteroatoms. The van der Waals surface area contributed by atoms with Crippen LogP contribution < -0.4 is 0 Å². The molecule has 1 aliphatic heterocycles. The van der Waals surface area contributed by atoms with E-state index >= 15 is 0 Å². The fraction of sp³-hybridized carbons (Fsp3) is 0.593. The molecule has 6 nitrogen and oxygen atoms in total. The van der Waals surface area contributed by atoms with Gasteiger partial charge in [-0.3, -0.25) is 9.59 Å². The summed E-state index contributed by atoms with van der Waals surface area (Å²) in [5.74, 6) is -1.50. The monoisotopic (exact) mass is 487 g/mol. The van der Waals surface area contributed by atoms with Crippen LogP contribution in [0.4, 0.5) is 0 Å². The highest BCUT2D eigenvalue weighted by atomic mass is 32.1. The van der Waals surface area contributed by atoms with Gasteiger partial charge in [-0.15, -0.1) is 11.3 Å². The minimum absolute atomic E-state index is 0.0462. The molecule has 0 amide bonds. The number of ketones is 1. The Morgan fingerprint density at radius 2 is 1.91 bits per heavy atom. The maximum Gasteiger partial charge on any atom is 0.309 e. The third kappa shape index (κ3) is 6.12. The molecule has 0 radical (unpaired) electrons. The van der Waals surface area contributed by atoms with Gasteiger partial charge in [0.15, 0.2) is 0 Å². The Hall–Kier alpha value is -2.09. The molecule has 0 aliphatic carbocycles. The summed E-state index contributed by atoms with van der Waals surface area (Å²) in [5, 5.41) is 21.6. The number of carbonyl (C=O) groups excluding carboxylic acids is 2. The summed E-state index contributed by atoms with van der Waals surface area (Å²) in [4.78, 5) is 30.4. The first-order valence-corrected chi connectivity index (χ1v) is 13.0. The van der Waals surface area contributed by atoms with Crippen molar-refractivity contribution in [1.29, 1.82) is 0 Å². The van der Waals surface area contributed by atoms with E-state index in [4.69, 9.17) is 4.74 Å². The van der Waals surface area contributed by atoms with E-state index in [0.29, 0.717) is 6.42 Å². The Kier molecular flexibility index (Phi) is 8.66. The molecule has 5 atom stereocenters. The zero-order valence-electron chi connectivity index (χ0n) is 20.8. The molecule has 0 saturated carbocycles. The Morgan fingerprint density at radius 3 is 2.65 bits per heavy atom. The smallest absolute Gasteiger partial charge is 0.309 e. The SMILES string of the molecule is C/C1=C/C[C@@H](c2ccc3scnc3c2)OC(=O)CC(O)C(C)(C)C(=O)C(C)[C@@H](O)C(C)CCC1. The van der Waals surface area contributed by atoms with Crippen LogP contribution in [-0.4, -0.2) is 39.2 Å². The van der Waals surface area contributed by atoms with Crippen LogP contribution in [0.3, 0.4) is 0 Å². The van der Waals surface area contributed by atoms with E-state index in [1.807, 2.05) is 25.1 Å². The fourth-order valence-electron chi connectivity index (χ4n) is 4.63. The number of Topliss-reactive ketones (excluding diaryl/α,β-unsaturated/α-hetero) is 1. The maximum absolute atomic E-state index is 13.2. The van der Waals surface area contributed by atoms with Gasteiger partial charge in [-0.1, -0.05) is 45.4 Å². The van der Waals surface area contributed by atoms with Crippen LogP contribution in [0.15, 0.2) is 35.4 Å². The predicted molar refractivity (Wildman–Crippen MR) is 134 cm³/mol. The van der Waals surface area contributed by atoms with Crippen LogP contribution >= 0.6 is 11.3 Å². The number of fused-ring (bicyclic) bond motifs is 1. The number of cyclic esters (lactones) is 1. The number of esters is 1. The van der Waals surface area contributed by atoms with E-state index in [1.54, 1.807) is 37.6 Å². The molecule has 3 rings (SSSR count). The molecule has 2 N–H and O–H groups in total. The van der Waals surface area contributed by atoms with Crippen LogP contribution in [-0.2, 0) is 14.3 Å². The number of hydrogen-bond acceptors (Lipinski definition) is 7. The Bertz CT molecular complexity index is 1040. The molecule has 0 spiro atoms. The minimum atomic E-state index is -1.22. The molecule has 0 saturated heterocycles. The lowest BCUT2D eigenvalue weighted by Crippen LogP contribution is -2.45. The summed E-state index contributed by atoms with van der Waals surface area (Å²) in [6, 6.07) is 5.88. The number of thiazole rings is 1. The Balaban J connectivity index is 1.90. The number of rotatable bonds is 1. The van der Waals surface area contributed by atoms with Crippen LogP contribution in [0.25, 0.3) is 10.2 Å². The molecule has 1 aromatic heterocycles. The number of allylic oxidation sites excluding steroid dienone is 1. The van der Waals surface area contributed by atoms with Gasteiger partial charge in [-0.2, -0.15) is 0 Å². The average molecular weight is 488 g/mol. The second-order valence-electron chi connectivity index (χ2n) is 10.3. The Labute approximate surface area is 206 Å². The quantitative estimate of drug-likeness (QED) is 0.414. The van der Waals surface area contributed by atoms with Crippen molar-refractivity contribution in [3.8, 4) is 0 Å². The van der Waals surface area contributed by atoms with E-state index in [0.717, 1.165) is 35.0 Å². The summed E-state index contributed by atoms with van der Waals surface area (Å²) in [7, 11) is 0. The molecular formula is C27H37NO5S. The Morgan fingerprint density at radius 1 is 1.18 bits per heavy atom. The molecule has 2 heterocycles. The van der Waals surface area contributed by atoms with Crippen LogP contribution in [0, 0.1) is 17.3 Å². The van der Waals surface area contributed by atoms with E-state index in [9.17, 15) is 19.8 Å². The molecule has 0 bridgehead atoms. The van der Waals surface area contributed by atoms with Crippen LogP contribution in [0.2, 0.25) is 0 Å². The van der Waals surface area contributed by atoms with Crippen molar-refractivity contribution < 1.29 is 24.5 Å². The zero-order valence-corrected chi connectivity index (χ0v) is 21.6. The molecule has 1 aliphatic rings. The van der Waals surface area contributed by atoms with Gasteiger partial charge in [0.1, 0.15) is 11.9 Å². The predicted octanol–water partition coefficient (Wildman–Crippen LogP) is 5.38. The summed E-state index contributed by atoms with van der Waals surface area (Å²) >= 11 is 1.56. The van der Waals surface area contributed by atoms with Crippen molar-refractivity contribution in [3.05, 3.63) is 40.9 Å². The molecule has 34 heavy (non-hydrogen) atoms. The second kappa shape index (κ2) is 11.1. The highest BCUT2D eigenvalue weighted by Gasteiger charge is 2.42. The highest BCUT2D eigenvalue weighted by Crippen LogP contribution is 2.33. The molecule has 3 unspecified atom stereocenters. The van der Waals surface area contributed by atoms with Crippen molar-refractivity contribution in [2.24, 2.45) is 17.3 Å². The lowest BCUT2D eigenvalue weighted by molar-refractivity contribution is -0.155. The molecule has 0 fully saturated rings. The lowest BCUT2D eigenvalue weighted by Gasteiger charge is -2.34. The number of aliphatic hydroxyl groups excluding tert-OH is 2. The number of carbonyl (C=O) groups is 2. The average Bonchev–Trinajstić information content (AvgIpc) is 3.27. The van der Waals surface area contributed by atoms with Crippen molar-refractivity contribution in [2.75, 3.05) is 0 Å². The third-order valence-corrected chi connectivity index (χ3v) is 8.06. The number of nitrogens with zero attached hydrogens (tertiary/aromatic N) is 1. The normalized spacial score (nSPS) is 31.6. The maximum atomic E-state index is 13.2. The van der Waals surface area contributed by atoms with E-state index < -0.39 is 35.6 Å². The van der Waals surface area contributed by atoms with Crippen LogP contribution in [0.1, 0.15) is 78.4 Å². The number of benzene rings is 1. The molecule has 2 aromatic rings. The van der Waals surface area contributed by atoms with Gasteiger partial charge in [0.25, 0.3) is 0 Å². The topological polar surface area (TPSA) is 96.7 Å². The molecule has 1 aromatic carbocycles. The van der Waals surface area contributed by atoms with Gasteiger partial charge in [0.2, 0.25) is 0 Å². The first kappa shape index (κ1) is 26.5. The number of ether oxygens (including phenoxy) is 1. The minimum Gasteiger partial charge on any atom is -0.457 e. The number of hydrogen-bond donors (Lipinski definition) is 2. The van der Waals surface area contributed by atoms with Gasteiger partial charge in [0.05, 0.1) is 39.8 Å². The first-order valence-electron chi connectivity index (χ1n) is 12.1. The van der Waals surface area contributed by atoms with Gasteiger partial charge in [-0.25, -0.2) is 4.98 Å². The third-order valence-electron chi connectivity index (χ3n) is 7.25. The van der Waals surface area contributed by atoms with Crippen molar-refractivity contribution >= 4 is 33.3 Å². The molecule has 186 valence electrons. The number of aliphatic hydroxyl groups is 2. The highest BCUT2D eigenvalue weighted by molar-refractivity contribution is 7.16. The second-order valence-corrected chi connectivity index (χ2v) is 11.2. The fourth-order valence-corrected chi connectivity index (χ4v) is 5.29. The summed E-state index contributed by atoms with van der Waals surface area (Å²) < 4.78 is 6.91. The van der Waals surface area contributed by atoms with Gasteiger partial charge in [-0.05, 0) is 49.8 Å². The van der Waals surface area contributed by atoms with Crippen molar-refractivity contribution in [3.63, 3.8) is 0 Å².